The second-order valence-corrected chi connectivity index (χ2v) is 2.71. The van der Waals surface area contributed by atoms with E-state index in [9.17, 15) is 0 Å². The van der Waals surface area contributed by atoms with Gasteiger partial charge in [0.1, 0.15) is 6.33 Å². The molecule has 2 heterocycles. The second kappa shape index (κ2) is 3.22. The first-order valence-corrected chi connectivity index (χ1v) is 3.88. The Kier molecular flexibility index (Phi) is 1.91. The number of hydrogen-bond acceptors (Lipinski definition) is 4. The fourth-order valence-electron chi connectivity index (χ4n) is 1.03. The number of pyridine rings is 1. The molecule has 0 aliphatic carbocycles. The molecule has 0 bridgehead atoms. The number of rotatable bonds is 2. The van der Waals surface area contributed by atoms with Crippen LogP contribution in [0, 0.1) is 6.92 Å². The van der Waals surface area contributed by atoms with Crippen LogP contribution in [0.25, 0.3) is 0 Å². The van der Waals surface area contributed by atoms with Gasteiger partial charge in [0.05, 0.1) is 11.9 Å². The van der Waals surface area contributed by atoms with Crippen molar-refractivity contribution >= 4 is 11.6 Å². The number of nitrogens with one attached hydrogen (secondary N) is 2. The number of anilines is 2. The minimum Gasteiger partial charge on any atom is -0.323 e. The highest BCUT2D eigenvalue weighted by Crippen LogP contribution is 2.11. The third kappa shape index (κ3) is 1.81. The summed E-state index contributed by atoms with van der Waals surface area (Å²) in [6.07, 6.45) is 4.98. The summed E-state index contributed by atoms with van der Waals surface area (Å²) >= 11 is 0. The lowest BCUT2D eigenvalue weighted by molar-refractivity contribution is 1.09. The zero-order valence-corrected chi connectivity index (χ0v) is 7.15. The Labute approximate surface area is 75.2 Å². The molecule has 0 saturated carbocycles. The number of H-pyrrole nitrogens is 1. The number of nitrogens with zero attached hydrogens (tertiary/aromatic N) is 3. The summed E-state index contributed by atoms with van der Waals surface area (Å²) < 4.78 is 0. The van der Waals surface area contributed by atoms with Crippen LogP contribution in [0.2, 0.25) is 0 Å². The molecule has 2 N–H and O–H groups in total. The topological polar surface area (TPSA) is 66.5 Å². The SMILES string of the molecule is Cc1cncc(Nc2ncn[nH]2)c1. The van der Waals surface area contributed by atoms with Crippen LogP contribution in [0.5, 0.6) is 0 Å². The Hall–Kier alpha value is -1.91. The van der Waals surface area contributed by atoms with E-state index in [0.717, 1.165) is 11.3 Å². The molecule has 5 heteroatoms. The molecule has 2 aromatic rings. The summed E-state index contributed by atoms with van der Waals surface area (Å²) in [6.45, 7) is 1.98. The summed E-state index contributed by atoms with van der Waals surface area (Å²) in [5.41, 5.74) is 2.00. The van der Waals surface area contributed by atoms with Crippen molar-refractivity contribution in [2.75, 3.05) is 5.32 Å². The predicted molar refractivity (Wildman–Crippen MR) is 48.6 cm³/mol. The molecular weight excluding hydrogens is 166 g/mol. The monoisotopic (exact) mass is 175 g/mol. The molecule has 0 radical (unpaired) electrons. The van der Waals surface area contributed by atoms with E-state index in [4.69, 9.17) is 0 Å². The maximum absolute atomic E-state index is 4.04. The third-order valence-corrected chi connectivity index (χ3v) is 1.55. The van der Waals surface area contributed by atoms with Gasteiger partial charge < -0.3 is 5.32 Å². The largest absolute Gasteiger partial charge is 0.323 e. The quantitative estimate of drug-likeness (QED) is 0.720. The molecule has 0 aromatic carbocycles. The van der Waals surface area contributed by atoms with Crippen LogP contribution in [-0.2, 0) is 0 Å². The summed E-state index contributed by atoms with van der Waals surface area (Å²) in [4.78, 5) is 7.98. The molecule has 2 rings (SSSR count). The van der Waals surface area contributed by atoms with Crippen molar-refractivity contribution in [3.05, 3.63) is 30.4 Å². The van der Waals surface area contributed by atoms with Crippen LogP contribution in [0.1, 0.15) is 5.56 Å². The van der Waals surface area contributed by atoms with E-state index in [1.807, 2.05) is 13.0 Å². The molecule has 0 saturated heterocycles. The van der Waals surface area contributed by atoms with Crippen molar-refractivity contribution < 1.29 is 0 Å². The molecule has 0 fully saturated rings. The van der Waals surface area contributed by atoms with Gasteiger partial charge in [0.15, 0.2) is 0 Å². The molecule has 0 aliphatic rings. The van der Waals surface area contributed by atoms with E-state index >= 15 is 0 Å². The highest BCUT2D eigenvalue weighted by Gasteiger charge is 1.96. The van der Waals surface area contributed by atoms with Gasteiger partial charge in [0.2, 0.25) is 5.95 Å². The number of aryl methyl sites for hydroxylation is 1. The van der Waals surface area contributed by atoms with Gasteiger partial charge in [-0.05, 0) is 18.6 Å². The molecule has 0 amide bonds. The van der Waals surface area contributed by atoms with Crippen molar-refractivity contribution in [3.8, 4) is 0 Å². The maximum atomic E-state index is 4.04. The van der Waals surface area contributed by atoms with Gasteiger partial charge in [-0.3, -0.25) is 4.98 Å². The minimum absolute atomic E-state index is 0.618. The maximum Gasteiger partial charge on any atom is 0.222 e. The molecule has 0 unspecified atom stereocenters. The van der Waals surface area contributed by atoms with E-state index in [1.165, 1.54) is 6.33 Å². The lowest BCUT2D eigenvalue weighted by atomic mass is 10.3. The lowest BCUT2D eigenvalue weighted by Gasteiger charge is -2.01. The van der Waals surface area contributed by atoms with Gasteiger partial charge in [-0.15, -0.1) is 0 Å². The Balaban J connectivity index is 2.19. The smallest absolute Gasteiger partial charge is 0.222 e. The number of aromatic amines is 1. The average Bonchev–Trinajstić information content (AvgIpc) is 2.57. The second-order valence-electron chi connectivity index (χ2n) is 2.71. The van der Waals surface area contributed by atoms with Crippen molar-refractivity contribution in [3.63, 3.8) is 0 Å². The minimum atomic E-state index is 0.618. The molecule has 5 nitrogen and oxygen atoms in total. The summed E-state index contributed by atoms with van der Waals surface area (Å²) in [7, 11) is 0. The van der Waals surface area contributed by atoms with Crippen molar-refractivity contribution in [1.82, 2.24) is 20.2 Å². The standard InChI is InChI=1S/C8H9N5/c1-6-2-7(4-9-3-6)12-8-10-5-11-13-8/h2-5H,1H3,(H2,10,11,12,13). The van der Waals surface area contributed by atoms with Crippen LogP contribution < -0.4 is 5.32 Å². The van der Waals surface area contributed by atoms with Crippen LogP contribution in [-0.4, -0.2) is 20.2 Å². The first-order chi connectivity index (χ1) is 6.34. The van der Waals surface area contributed by atoms with Crippen LogP contribution in [0.15, 0.2) is 24.8 Å². The highest BCUT2D eigenvalue weighted by atomic mass is 15.3. The summed E-state index contributed by atoms with van der Waals surface area (Å²) in [5.74, 6) is 0.618. The van der Waals surface area contributed by atoms with Gasteiger partial charge in [-0.1, -0.05) is 0 Å². The van der Waals surface area contributed by atoms with E-state index in [2.05, 4.69) is 25.5 Å². The summed E-state index contributed by atoms with van der Waals surface area (Å²) in [6, 6.07) is 1.98. The molecule has 0 atom stereocenters. The third-order valence-electron chi connectivity index (χ3n) is 1.55. The Morgan fingerprint density at radius 2 is 2.31 bits per heavy atom. The van der Waals surface area contributed by atoms with E-state index in [-0.39, 0.29) is 0 Å². The first kappa shape index (κ1) is 7.72. The lowest BCUT2D eigenvalue weighted by Crippen LogP contribution is -1.93. The molecule has 0 aliphatic heterocycles. The first-order valence-electron chi connectivity index (χ1n) is 3.88. The predicted octanol–water partition coefficient (Wildman–Crippen LogP) is 1.25. The van der Waals surface area contributed by atoms with Gasteiger partial charge in [-0.2, -0.15) is 10.1 Å². The fraction of sp³-hybridized carbons (Fsp3) is 0.125. The van der Waals surface area contributed by atoms with E-state index < -0.39 is 0 Å². The van der Waals surface area contributed by atoms with Gasteiger partial charge in [0.25, 0.3) is 0 Å². The van der Waals surface area contributed by atoms with Gasteiger partial charge >= 0.3 is 0 Å². The van der Waals surface area contributed by atoms with Crippen molar-refractivity contribution in [2.45, 2.75) is 6.92 Å². The molecule has 0 spiro atoms. The number of hydrogen-bond donors (Lipinski definition) is 2. The van der Waals surface area contributed by atoms with Crippen LogP contribution in [0.4, 0.5) is 11.6 Å². The van der Waals surface area contributed by atoms with E-state index in [0.29, 0.717) is 5.95 Å². The molecule has 2 aromatic heterocycles. The molecular formula is C8H9N5. The summed E-state index contributed by atoms with van der Waals surface area (Å²) in [5, 5.41) is 9.46. The normalized spacial score (nSPS) is 9.92. The Morgan fingerprint density at radius 1 is 1.38 bits per heavy atom. The molecule has 66 valence electrons. The van der Waals surface area contributed by atoms with Gasteiger partial charge in [0, 0.05) is 6.20 Å². The van der Waals surface area contributed by atoms with Crippen LogP contribution in [0.3, 0.4) is 0 Å². The van der Waals surface area contributed by atoms with E-state index in [1.54, 1.807) is 12.4 Å². The Morgan fingerprint density at radius 3 is 3.00 bits per heavy atom. The van der Waals surface area contributed by atoms with Crippen LogP contribution >= 0.6 is 0 Å². The zero-order chi connectivity index (χ0) is 9.10. The highest BCUT2D eigenvalue weighted by molar-refractivity contribution is 5.51. The number of aromatic nitrogens is 4. The average molecular weight is 175 g/mol. The fourth-order valence-corrected chi connectivity index (χ4v) is 1.03. The Bertz CT molecular complexity index is 381. The molecule has 13 heavy (non-hydrogen) atoms. The van der Waals surface area contributed by atoms with Crippen molar-refractivity contribution in [1.29, 1.82) is 0 Å². The zero-order valence-electron chi connectivity index (χ0n) is 7.15. The van der Waals surface area contributed by atoms with Crippen molar-refractivity contribution in [2.24, 2.45) is 0 Å². The van der Waals surface area contributed by atoms with Gasteiger partial charge in [-0.25, -0.2) is 5.10 Å².